The molecule has 0 saturated carbocycles. The van der Waals surface area contributed by atoms with Crippen molar-refractivity contribution in [2.45, 2.75) is 25.1 Å². The Morgan fingerprint density at radius 1 is 1.60 bits per heavy atom. The van der Waals surface area contributed by atoms with E-state index in [0.717, 1.165) is 24.1 Å². The Hall–Kier alpha value is -0.350. The first-order valence-electron chi connectivity index (χ1n) is 4.94. The summed E-state index contributed by atoms with van der Waals surface area (Å²) in [4.78, 5) is 14.2. The van der Waals surface area contributed by atoms with Crippen molar-refractivity contribution in [2.24, 2.45) is 0 Å². The van der Waals surface area contributed by atoms with Gasteiger partial charge in [-0.05, 0) is 24.3 Å². The molecule has 15 heavy (non-hydrogen) atoms. The van der Waals surface area contributed by atoms with Crippen LogP contribution in [-0.2, 0) is 0 Å². The Kier molecular flexibility index (Phi) is 4.80. The Balaban J connectivity index is 2.57. The van der Waals surface area contributed by atoms with Gasteiger partial charge in [-0.2, -0.15) is 11.3 Å². The molecule has 0 spiro atoms. The second kappa shape index (κ2) is 5.66. The lowest BCUT2D eigenvalue weighted by molar-refractivity contribution is 0.0794. The fourth-order valence-corrected chi connectivity index (χ4v) is 2.29. The molecule has 2 nitrogen and oxygen atoms in total. The molecule has 0 fully saturated rings. The fourth-order valence-electron chi connectivity index (χ4n) is 1.26. The van der Waals surface area contributed by atoms with E-state index in [9.17, 15) is 4.79 Å². The number of hydrogen-bond donors (Lipinski definition) is 0. The highest BCUT2D eigenvalue weighted by molar-refractivity contribution is 9.09. The van der Waals surface area contributed by atoms with Gasteiger partial charge in [-0.25, -0.2) is 0 Å². The van der Waals surface area contributed by atoms with Crippen LogP contribution in [0, 0.1) is 6.92 Å². The summed E-state index contributed by atoms with van der Waals surface area (Å²) in [6.07, 6.45) is 0.978. The zero-order valence-electron chi connectivity index (χ0n) is 9.29. The summed E-state index contributed by atoms with van der Waals surface area (Å²) < 4.78 is 0. The average molecular weight is 290 g/mol. The first-order valence-corrected chi connectivity index (χ1v) is 6.80. The summed E-state index contributed by atoms with van der Waals surface area (Å²) in [5, 5.41) is 3.93. The van der Waals surface area contributed by atoms with Crippen LogP contribution in [0.2, 0.25) is 0 Å². The second-order valence-electron chi connectivity index (χ2n) is 3.76. The molecular weight excluding hydrogens is 274 g/mol. The SMILES string of the molecule is Cc1cscc1C(=O)N(C)CCC(C)Br. The maximum absolute atomic E-state index is 12.0. The molecule has 0 aliphatic heterocycles. The number of nitrogens with zero attached hydrogens (tertiary/aromatic N) is 1. The molecule has 1 atom stereocenters. The zero-order valence-corrected chi connectivity index (χ0v) is 11.7. The van der Waals surface area contributed by atoms with Crippen LogP contribution in [-0.4, -0.2) is 29.2 Å². The van der Waals surface area contributed by atoms with Crippen LogP contribution >= 0.6 is 27.3 Å². The van der Waals surface area contributed by atoms with Gasteiger partial charge in [0.15, 0.2) is 0 Å². The number of alkyl halides is 1. The maximum atomic E-state index is 12.0. The fraction of sp³-hybridized carbons (Fsp3) is 0.545. The number of carbonyl (C=O) groups excluding carboxylic acids is 1. The van der Waals surface area contributed by atoms with E-state index in [2.05, 4.69) is 22.9 Å². The van der Waals surface area contributed by atoms with E-state index in [1.54, 1.807) is 16.2 Å². The lowest BCUT2D eigenvalue weighted by Gasteiger charge is -2.17. The van der Waals surface area contributed by atoms with Gasteiger partial charge in [-0.3, -0.25) is 4.79 Å². The first kappa shape index (κ1) is 12.7. The van der Waals surface area contributed by atoms with E-state index in [-0.39, 0.29) is 5.91 Å². The van der Waals surface area contributed by atoms with Crippen molar-refractivity contribution in [3.05, 3.63) is 21.9 Å². The van der Waals surface area contributed by atoms with Gasteiger partial charge >= 0.3 is 0 Å². The topological polar surface area (TPSA) is 20.3 Å². The third-order valence-electron chi connectivity index (χ3n) is 2.29. The molecule has 4 heteroatoms. The van der Waals surface area contributed by atoms with Crippen molar-refractivity contribution in [1.82, 2.24) is 4.90 Å². The predicted octanol–water partition coefficient (Wildman–Crippen LogP) is 3.30. The number of halogens is 1. The molecule has 0 aliphatic carbocycles. The average Bonchev–Trinajstić information content (AvgIpc) is 2.59. The van der Waals surface area contributed by atoms with Crippen LogP contribution in [0.25, 0.3) is 0 Å². The van der Waals surface area contributed by atoms with Crippen molar-refractivity contribution >= 4 is 33.2 Å². The lowest BCUT2D eigenvalue weighted by atomic mass is 10.2. The monoisotopic (exact) mass is 289 g/mol. The molecule has 0 saturated heterocycles. The summed E-state index contributed by atoms with van der Waals surface area (Å²) >= 11 is 5.06. The van der Waals surface area contributed by atoms with Crippen LogP contribution in [0.15, 0.2) is 10.8 Å². The molecule has 0 N–H and O–H groups in total. The number of carbonyl (C=O) groups is 1. The highest BCUT2D eigenvalue weighted by Crippen LogP contribution is 2.16. The van der Waals surface area contributed by atoms with Crippen molar-refractivity contribution in [2.75, 3.05) is 13.6 Å². The van der Waals surface area contributed by atoms with E-state index in [0.29, 0.717) is 4.83 Å². The minimum atomic E-state index is 0.127. The second-order valence-corrected chi connectivity index (χ2v) is 6.07. The molecule has 84 valence electrons. The van der Waals surface area contributed by atoms with Crippen molar-refractivity contribution < 1.29 is 4.79 Å². The Morgan fingerprint density at radius 2 is 2.27 bits per heavy atom. The van der Waals surface area contributed by atoms with Gasteiger partial charge in [0.1, 0.15) is 0 Å². The molecule has 1 amide bonds. The standard InChI is InChI=1S/C11H16BrNOS/c1-8-6-15-7-10(8)11(14)13(3)5-4-9(2)12/h6-7,9H,4-5H2,1-3H3. The molecule has 0 aliphatic rings. The van der Waals surface area contributed by atoms with E-state index in [1.165, 1.54) is 0 Å². The Morgan fingerprint density at radius 3 is 2.73 bits per heavy atom. The summed E-state index contributed by atoms with van der Waals surface area (Å²) in [5.41, 5.74) is 1.91. The van der Waals surface area contributed by atoms with Crippen molar-refractivity contribution in [3.63, 3.8) is 0 Å². The minimum Gasteiger partial charge on any atom is -0.342 e. The van der Waals surface area contributed by atoms with Crippen LogP contribution in [0.3, 0.4) is 0 Å². The Bertz CT molecular complexity index is 335. The van der Waals surface area contributed by atoms with Crippen molar-refractivity contribution in [1.29, 1.82) is 0 Å². The molecule has 0 radical (unpaired) electrons. The highest BCUT2D eigenvalue weighted by Gasteiger charge is 2.14. The van der Waals surface area contributed by atoms with Crippen molar-refractivity contribution in [3.8, 4) is 0 Å². The number of amides is 1. The van der Waals surface area contributed by atoms with Crippen LogP contribution in [0.4, 0.5) is 0 Å². The zero-order chi connectivity index (χ0) is 11.4. The smallest absolute Gasteiger partial charge is 0.254 e. The summed E-state index contributed by atoms with van der Waals surface area (Å²) in [6.45, 7) is 4.86. The third kappa shape index (κ3) is 3.61. The van der Waals surface area contributed by atoms with Gasteiger partial charge in [0.25, 0.3) is 5.91 Å². The third-order valence-corrected chi connectivity index (χ3v) is 3.61. The molecule has 1 unspecified atom stereocenters. The minimum absolute atomic E-state index is 0.127. The van der Waals surface area contributed by atoms with E-state index in [1.807, 2.05) is 24.7 Å². The summed E-state index contributed by atoms with van der Waals surface area (Å²) in [6, 6.07) is 0. The number of rotatable bonds is 4. The van der Waals surface area contributed by atoms with Gasteiger partial charge in [0.05, 0.1) is 5.56 Å². The molecule has 1 aromatic rings. The van der Waals surface area contributed by atoms with Gasteiger partial charge in [0, 0.05) is 23.8 Å². The Labute approximate surface area is 103 Å². The number of aryl methyl sites for hydroxylation is 1. The van der Waals surface area contributed by atoms with Crippen LogP contribution < -0.4 is 0 Å². The van der Waals surface area contributed by atoms with E-state index in [4.69, 9.17) is 0 Å². The molecule has 1 rings (SSSR count). The summed E-state index contributed by atoms with van der Waals surface area (Å²) in [5.74, 6) is 0.127. The maximum Gasteiger partial charge on any atom is 0.254 e. The van der Waals surface area contributed by atoms with Crippen LogP contribution in [0.5, 0.6) is 0 Å². The summed E-state index contributed by atoms with van der Waals surface area (Å²) in [7, 11) is 1.86. The first-order chi connectivity index (χ1) is 7.02. The molecule has 1 aromatic heterocycles. The van der Waals surface area contributed by atoms with Gasteiger partial charge in [-0.1, -0.05) is 22.9 Å². The normalized spacial score (nSPS) is 12.5. The molecule has 0 bridgehead atoms. The molecular formula is C11H16BrNOS. The molecule has 0 aromatic carbocycles. The van der Waals surface area contributed by atoms with Gasteiger partial charge < -0.3 is 4.90 Å². The lowest BCUT2D eigenvalue weighted by Crippen LogP contribution is -2.28. The molecule has 1 heterocycles. The van der Waals surface area contributed by atoms with E-state index >= 15 is 0 Å². The predicted molar refractivity (Wildman–Crippen MR) is 69.0 cm³/mol. The quantitative estimate of drug-likeness (QED) is 0.779. The van der Waals surface area contributed by atoms with Gasteiger partial charge in [0.2, 0.25) is 0 Å². The number of thiophene rings is 1. The van der Waals surface area contributed by atoms with Gasteiger partial charge in [-0.15, -0.1) is 0 Å². The largest absolute Gasteiger partial charge is 0.342 e. The van der Waals surface area contributed by atoms with E-state index < -0.39 is 0 Å². The number of hydrogen-bond acceptors (Lipinski definition) is 2. The van der Waals surface area contributed by atoms with Crippen LogP contribution in [0.1, 0.15) is 29.3 Å². The highest BCUT2D eigenvalue weighted by atomic mass is 79.9.